The summed E-state index contributed by atoms with van der Waals surface area (Å²) < 4.78 is 0. The molecule has 104 valence electrons. The SMILES string of the molecule is Nc1ccc(C2(C(=O)NCc3csc(=O)[nH]3)CC2)cc1. The van der Waals surface area contributed by atoms with E-state index in [2.05, 4.69) is 10.3 Å². The number of hydrogen-bond acceptors (Lipinski definition) is 4. The average molecular weight is 289 g/mol. The standard InChI is InChI=1S/C14H15N3O2S/c15-10-3-1-9(2-4-10)14(5-6-14)12(18)16-7-11-8-20-13(19)17-11/h1-4,8H,5-7,15H2,(H,16,18)(H,17,19). The number of aromatic nitrogens is 1. The molecule has 6 heteroatoms. The van der Waals surface area contributed by atoms with Crippen LogP contribution in [0.4, 0.5) is 5.69 Å². The zero-order valence-electron chi connectivity index (χ0n) is 10.8. The van der Waals surface area contributed by atoms with E-state index < -0.39 is 5.41 Å². The van der Waals surface area contributed by atoms with Crippen LogP contribution in [0.5, 0.6) is 0 Å². The van der Waals surface area contributed by atoms with E-state index in [1.54, 1.807) is 5.38 Å². The van der Waals surface area contributed by atoms with E-state index in [0.29, 0.717) is 12.2 Å². The molecule has 1 aromatic heterocycles. The first kappa shape index (κ1) is 12.9. The van der Waals surface area contributed by atoms with E-state index in [9.17, 15) is 9.59 Å². The Morgan fingerprint density at radius 3 is 2.60 bits per heavy atom. The van der Waals surface area contributed by atoms with Crippen molar-refractivity contribution in [1.82, 2.24) is 10.3 Å². The normalized spacial score (nSPS) is 15.8. The van der Waals surface area contributed by atoms with Gasteiger partial charge in [-0.15, -0.1) is 0 Å². The summed E-state index contributed by atoms with van der Waals surface area (Å²) in [5.74, 6) is 0.00863. The van der Waals surface area contributed by atoms with Gasteiger partial charge in [0.1, 0.15) is 0 Å². The van der Waals surface area contributed by atoms with Gasteiger partial charge in [0.25, 0.3) is 0 Å². The Bertz CT molecular complexity index is 683. The number of H-pyrrole nitrogens is 1. The number of aromatic amines is 1. The summed E-state index contributed by atoms with van der Waals surface area (Å²) in [5, 5.41) is 4.62. The van der Waals surface area contributed by atoms with Crippen molar-refractivity contribution < 1.29 is 4.79 Å². The molecule has 3 rings (SSSR count). The van der Waals surface area contributed by atoms with Crippen LogP contribution in [0, 0.1) is 0 Å². The smallest absolute Gasteiger partial charge is 0.304 e. The Hall–Kier alpha value is -2.08. The summed E-state index contributed by atoms with van der Waals surface area (Å²) in [6, 6.07) is 7.46. The maximum atomic E-state index is 12.4. The van der Waals surface area contributed by atoms with Gasteiger partial charge in [0, 0.05) is 16.8 Å². The summed E-state index contributed by atoms with van der Waals surface area (Å²) in [4.78, 5) is 26.0. The fraction of sp³-hybridized carbons (Fsp3) is 0.286. The van der Waals surface area contributed by atoms with Crippen LogP contribution >= 0.6 is 11.3 Å². The summed E-state index contributed by atoms with van der Waals surface area (Å²) in [7, 11) is 0. The van der Waals surface area contributed by atoms with Gasteiger partial charge >= 0.3 is 4.87 Å². The highest BCUT2D eigenvalue weighted by atomic mass is 32.1. The largest absolute Gasteiger partial charge is 0.399 e. The predicted octanol–water partition coefficient (Wildman–Crippen LogP) is 1.37. The van der Waals surface area contributed by atoms with Gasteiger partial charge in [-0.3, -0.25) is 9.59 Å². The Kier molecular flexibility index (Phi) is 3.10. The number of carbonyl (C=O) groups excluding carboxylic acids is 1. The van der Waals surface area contributed by atoms with Gasteiger partial charge in [0.2, 0.25) is 5.91 Å². The van der Waals surface area contributed by atoms with Crippen molar-refractivity contribution in [2.75, 3.05) is 5.73 Å². The Morgan fingerprint density at radius 2 is 2.05 bits per heavy atom. The monoisotopic (exact) mass is 289 g/mol. The molecule has 1 fully saturated rings. The molecule has 0 unspecified atom stereocenters. The van der Waals surface area contributed by atoms with E-state index in [1.807, 2.05) is 24.3 Å². The molecule has 1 aliphatic rings. The number of anilines is 1. The third-order valence-corrected chi connectivity index (χ3v) is 4.38. The minimum atomic E-state index is -0.413. The minimum absolute atomic E-state index is 0.00863. The first-order valence-corrected chi connectivity index (χ1v) is 7.29. The second-order valence-corrected chi connectivity index (χ2v) is 5.90. The molecule has 1 heterocycles. The van der Waals surface area contributed by atoms with E-state index in [4.69, 9.17) is 5.73 Å². The molecule has 5 nitrogen and oxygen atoms in total. The van der Waals surface area contributed by atoms with Crippen LogP contribution in [0.25, 0.3) is 0 Å². The second-order valence-electron chi connectivity index (χ2n) is 5.06. The van der Waals surface area contributed by atoms with Crippen molar-refractivity contribution in [2.24, 2.45) is 0 Å². The molecule has 1 saturated carbocycles. The summed E-state index contributed by atoms with van der Waals surface area (Å²) in [6.07, 6.45) is 1.70. The molecular weight excluding hydrogens is 274 g/mol. The molecule has 0 atom stereocenters. The first-order valence-electron chi connectivity index (χ1n) is 6.41. The highest BCUT2D eigenvalue weighted by Crippen LogP contribution is 2.48. The van der Waals surface area contributed by atoms with Gasteiger partial charge in [-0.1, -0.05) is 23.5 Å². The lowest BCUT2D eigenvalue weighted by molar-refractivity contribution is -0.123. The third kappa shape index (κ3) is 2.34. The highest BCUT2D eigenvalue weighted by molar-refractivity contribution is 7.07. The number of nitrogens with two attached hydrogens (primary N) is 1. The quantitative estimate of drug-likeness (QED) is 0.743. The average Bonchev–Trinajstić information content (AvgIpc) is 3.15. The van der Waals surface area contributed by atoms with Gasteiger partial charge in [-0.2, -0.15) is 0 Å². The first-order chi connectivity index (χ1) is 9.60. The van der Waals surface area contributed by atoms with Gasteiger partial charge in [-0.05, 0) is 30.5 Å². The molecule has 1 aliphatic carbocycles. The number of hydrogen-bond donors (Lipinski definition) is 3. The predicted molar refractivity (Wildman–Crippen MR) is 78.6 cm³/mol. The van der Waals surface area contributed by atoms with Crippen molar-refractivity contribution in [1.29, 1.82) is 0 Å². The molecular formula is C14H15N3O2S. The number of amides is 1. The van der Waals surface area contributed by atoms with Crippen molar-refractivity contribution in [3.8, 4) is 0 Å². The number of benzene rings is 1. The van der Waals surface area contributed by atoms with Gasteiger partial charge in [-0.25, -0.2) is 0 Å². The molecule has 0 spiro atoms. The maximum absolute atomic E-state index is 12.4. The van der Waals surface area contributed by atoms with Crippen LogP contribution in [-0.2, 0) is 16.8 Å². The number of carbonyl (C=O) groups is 1. The lowest BCUT2D eigenvalue weighted by atomic mass is 9.95. The molecule has 0 saturated heterocycles. The van der Waals surface area contributed by atoms with Crippen molar-refractivity contribution in [2.45, 2.75) is 24.8 Å². The van der Waals surface area contributed by atoms with Crippen LogP contribution in [0.15, 0.2) is 34.4 Å². The Morgan fingerprint density at radius 1 is 1.35 bits per heavy atom. The lowest BCUT2D eigenvalue weighted by Gasteiger charge is -2.15. The van der Waals surface area contributed by atoms with Crippen LogP contribution in [-0.4, -0.2) is 10.9 Å². The maximum Gasteiger partial charge on any atom is 0.304 e. The van der Waals surface area contributed by atoms with E-state index in [1.165, 1.54) is 0 Å². The lowest BCUT2D eigenvalue weighted by Crippen LogP contribution is -2.34. The molecule has 0 radical (unpaired) electrons. The van der Waals surface area contributed by atoms with Crippen molar-refractivity contribution >= 4 is 22.9 Å². The number of nitrogens with one attached hydrogen (secondary N) is 2. The molecule has 4 N–H and O–H groups in total. The van der Waals surface area contributed by atoms with Gasteiger partial charge in [0.05, 0.1) is 12.0 Å². The summed E-state index contributed by atoms with van der Waals surface area (Å²) >= 11 is 1.10. The zero-order valence-corrected chi connectivity index (χ0v) is 11.6. The molecule has 2 aromatic rings. The summed E-state index contributed by atoms with van der Waals surface area (Å²) in [6.45, 7) is 0.355. The Labute approximate surface area is 119 Å². The van der Waals surface area contributed by atoms with Crippen LogP contribution in [0.2, 0.25) is 0 Å². The Balaban J connectivity index is 1.70. The van der Waals surface area contributed by atoms with E-state index in [-0.39, 0.29) is 10.8 Å². The number of rotatable bonds is 4. The molecule has 20 heavy (non-hydrogen) atoms. The van der Waals surface area contributed by atoms with Gasteiger partial charge in [0.15, 0.2) is 0 Å². The van der Waals surface area contributed by atoms with Crippen LogP contribution in [0.3, 0.4) is 0 Å². The number of nitrogen functional groups attached to an aromatic ring is 1. The molecule has 1 amide bonds. The fourth-order valence-electron chi connectivity index (χ4n) is 2.32. The number of thiazole rings is 1. The minimum Gasteiger partial charge on any atom is -0.399 e. The second kappa shape index (κ2) is 4.79. The van der Waals surface area contributed by atoms with Crippen molar-refractivity contribution in [3.63, 3.8) is 0 Å². The fourth-order valence-corrected chi connectivity index (χ4v) is 2.90. The summed E-state index contributed by atoms with van der Waals surface area (Å²) in [5.41, 5.74) is 7.69. The molecule has 1 aromatic carbocycles. The molecule has 0 aliphatic heterocycles. The third-order valence-electron chi connectivity index (χ3n) is 3.66. The topological polar surface area (TPSA) is 88.0 Å². The highest BCUT2D eigenvalue weighted by Gasteiger charge is 2.51. The van der Waals surface area contributed by atoms with Gasteiger partial charge < -0.3 is 16.0 Å². The zero-order chi connectivity index (χ0) is 14.2. The van der Waals surface area contributed by atoms with Crippen LogP contribution < -0.4 is 15.9 Å². The van der Waals surface area contributed by atoms with E-state index in [0.717, 1.165) is 35.4 Å². The molecule has 0 bridgehead atoms. The van der Waals surface area contributed by atoms with E-state index >= 15 is 0 Å². The van der Waals surface area contributed by atoms with Crippen molar-refractivity contribution in [3.05, 3.63) is 50.6 Å². The van der Waals surface area contributed by atoms with Crippen LogP contribution in [0.1, 0.15) is 24.1 Å².